The Morgan fingerprint density at radius 2 is 1.90 bits per heavy atom. The van der Waals surface area contributed by atoms with E-state index in [-0.39, 0.29) is 6.42 Å². The highest BCUT2D eigenvalue weighted by Gasteiger charge is 2.35. The van der Waals surface area contributed by atoms with Gasteiger partial charge in [0.15, 0.2) is 0 Å². The number of carboxylic acids is 1. The van der Waals surface area contributed by atoms with Gasteiger partial charge in [0.1, 0.15) is 24.1 Å². The standard InChI is InChI=1S/C15H21NO5/c1-2-20-12-3-5-13(6-4-12)21-8-7-16-10-11(17)9-14(16)15(18)19/h3-6,11,14,17H,2,7-10H2,1H3,(H,18,19). The number of aliphatic carboxylic acids is 1. The SMILES string of the molecule is CCOc1ccc(OCCN2CC(O)CC2C(=O)O)cc1. The molecule has 1 heterocycles. The average molecular weight is 295 g/mol. The molecular formula is C15H21NO5. The summed E-state index contributed by atoms with van der Waals surface area (Å²) < 4.78 is 10.9. The fourth-order valence-electron chi connectivity index (χ4n) is 2.46. The summed E-state index contributed by atoms with van der Waals surface area (Å²) in [6.45, 7) is 3.77. The van der Waals surface area contributed by atoms with Crippen molar-refractivity contribution >= 4 is 5.97 Å². The number of β-amino-alcohol motifs (C(OH)–C–C–N with tert-alkyl or cyclic N) is 1. The zero-order chi connectivity index (χ0) is 15.2. The zero-order valence-corrected chi connectivity index (χ0v) is 12.1. The Labute approximate surface area is 123 Å². The fourth-order valence-corrected chi connectivity index (χ4v) is 2.46. The number of aliphatic hydroxyl groups excluding tert-OH is 1. The number of carbonyl (C=O) groups is 1. The summed E-state index contributed by atoms with van der Waals surface area (Å²) in [7, 11) is 0. The Bertz CT molecular complexity index is 462. The lowest BCUT2D eigenvalue weighted by Crippen LogP contribution is -2.38. The molecule has 0 bridgehead atoms. The number of hydrogen-bond acceptors (Lipinski definition) is 5. The predicted molar refractivity (Wildman–Crippen MR) is 76.7 cm³/mol. The van der Waals surface area contributed by atoms with Crippen LogP contribution >= 0.6 is 0 Å². The van der Waals surface area contributed by atoms with Crippen LogP contribution in [-0.2, 0) is 4.79 Å². The maximum absolute atomic E-state index is 11.1. The molecule has 116 valence electrons. The first kappa shape index (κ1) is 15.6. The van der Waals surface area contributed by atoms with Gasteiger partial charge in [-0.05, 0) is 31.2 Å². The van der Waals surface area contributed by atoms with E-state index in [1.54, 1.807) is 4.90 Å². The molecule has 0 amide bonds. The number of likely N-dealkylation sites (tertiary alicyclic amines) is 1. The topological polar surface area (TPSA) is 79.2 Å². The van der Waals surface area contributed by atoms with Crippen molar-refractivity contribution in [2.75, 3.05) is 26.3 Å². The van der Waals surface area contributed by atoms with Crippen molar-refractivity contribution in [3.63, 3.8) is 0 Å². The Hall–Kier alpha value is -1.79. The molecule has 6 heteroatoms. The molecule has 1 aromatic rings. The largest absolute Gasteiger partial charge is 0.494 e. The van der Waals surface area contributed by atoms with E-state index in [0.717, 1.165) is 5.75 Å². The minimum absolute atomic E-state index is 0.276. The predicted octanol–water partition coefficient (Wildman–Crippen LogP) is 0.984. The van der Waals surface area contributed by atoms with Gasteiger partial charge in [-0.1, -0.05) is 0 Å². The van der Waals surface area contributed by atoms with Gasteiger partial charge < -0.3 is 19.7 Å². The van der Waals surface area contributed by atoms with Crippen LogP contribution in [0.4, 0.5) is 0 Å². The Kier molecular flexibility index (Phi) is 5.41. The summed E-state index contributed by atoms with van der Waals surface area (Å²) in [5, 5.41) is 18.6. The van der Waals surface area contributed by atoms with E-state index >= 15 is 0 Å². The summed E-state index contributed by atoms with van der Waals surface area (Å²) in [5.74, 6) is 0.608. The van der Waals surface area contributed by atoms with Gasteiger partial charge in [-0.2, -0.15) is 0 Å². The number of hydrogen-bond donors (Lipinski definition) is 2. The molecule has 21 heavy (non-hydrogen) atoms. The molecule has 1 aliphatic heterocycles. The number of carboxylic acid groups (broad SMARTS) is 1. The second-order valence-electron chi connectivity index (χ2n) is 4.99. The third kappa shape index (κ3) is 4.34. The normalized spacial score (nSPS) is 22.2. The minimum atomic E-state index is -0.896. The van der Waals surface area contributed by atoms with E-state index in [1.807, 2.05) is 31.2 Å². The quantitative estimate of drug-likeness (QED) is 0.781. The first-order valence-electron chi connectivity index (χ1n) is 7.10. The van der Waals surface area contributed by atoms with Gasteiger partial charge in [-0.25, -0.2) is 0 Å². The van der Waals surface area contributed by atoms with E-state index in [0.29, 0.717) is 32.1 Å². The van der Waals surface area contributed by atoms with Crippen LogP contribution in [0.25, 0.3) is 0 Å². The van der Waals surface area contributed by atoms with Crippen LogP contribution in [0.1, 0.15) is 13.3 Å². The maximum atomic E-state index is 11.1. The van der Waals surface area contributed by atoms with Crippen molar-refractivity contribution in [3.05, 3.63) is 24.3 Å². The highest BCUT2D eigenvalue weighted by atomic mass is 16.5. The highest BCUT2D eigenvalue weighted by molar-refractivity contribution is 5.74. The summed E-state index contributed by atoms with van der Waals surface area (Å²) in [6, 6.07) is 6.68. The van der Waals surface area contributed by atoms with Crippen LogP contribution in [0.15, 0.2) is 24.3 Å². The molecule has 0 spiro atoms. The average Bonchev–Trinajstić information content (AvgIpc) is 2.82. The van der Waals surface area contributed by atoms with Crippen molar-refractivity contribution in [1.82, 2.24) is 4.90 Å². The van der Waals surface area contributed by atoms with Gasteiger partial charge in [-0.15, -0.1) is 0 Å². The molecule has 0 radical (unpaired) electrons. The molecule has 0 saturated carbocycles. The highest BCUT2D eigenvalue weighted by Crippen LogP contribution is 2.19. The van der Waals surface area contributed by atoms with Gasteiger partial charge in [0.25, 0.3) is 0 Å². The van der Waals surface area contributed by atoms with Crippen molar-refractivity contribution in [2.24, 2.45) is 0 Å². The van der Waals surface area contributed by atoms with Gasteiger partial charge >= 0.3 is 5.97 Å². The number of benzene rings is 1. The van der Waals surface area contributed by atoms with Crippen LogP contribution in [0.5, 0.6) is 11.5 Å². The summed E-state index contributed by atoms with van der Waals surface area (Å²) in [5.41, 5.74) is 0. The molecule has 2 rings (SSSR count). The molecule has 1 aliphatic rings. The monoisotopic (exact) mass is 295 g/mol. The van der Waals surface area contributed by atoms with E-state index in [1.165, 1.54) is 0 Å². The smallest absolute Gasteiger partial charge is 0.321 e. The van der Waals surface area contributed by atoms with Crippen molar-refractivity contribution in [1.29, 1.82) is 0 Å². The van der Waals surface area contributed by atoms with Gasteiger partial charge in [0.05, 0.1) is 12.7 Å². The molecule has 1 saturated heterocycles. The minimum Gasteiger partial charge on any atom is -0.494 e. The van der Waals surface area contributed by atoms with Gasteiger partial charge in [0, 0.05) is 19.5 Å². The van der Waals surface area contributed by atoms with Crippen LogP contribution in [-0.4, -0.2) is 59.5 Å². The molecule has 1 aromatic carbocycles. The lowest BCUT2D eigenvalue weighted by atomic mass is 10.2. The lowest BCUT2D eigenvalue weighted by molar-refractivity contribution is -0.142. The third-order valence-electron chi connectivity index (χ3n) is 3.45. The summed E-state index contributed by atoms with van der Waals surface area (Å²) in [4.78, 5) is 12.8. The van der Waals surface area contributed by atoms with E-state index in [2.05, 4.69) is 0 Å². The molecule has 2 atom stereocenters. The van der Waals surface area contributed by atoms with E-state index < -0.39 is 18.1 Å². The molecule has 2 N–H and O–H groups in total. The Morgan fingerprint density at radius 3 is 2.48 bits per heavy atom. The lowest BCUT2D eigenvalue weighted by Gasteiger charge is -2.20. The van der Waals surface area contributed by atoms with Crippen molar-refractivity contribution in [2.45, 2.75) is 25.5 Å². The second-order valence-corrected chi connectivity index (χ2v) is 4.99. The van der Waals surface area contributed by atoms with Crippen molar-refractivity contribution in [3.8, 4) is 11.5 Å². The first-order chi connectivity index (χ1) is 10.1. The van der Waals surface area contributed by atoms with E-state index in [4.69, 9.17) is 14.6 Å². The molecule has 0 aliphatic carbocycles. The van der Waals surface area contributed by atoms with Gasteiger partial charge in [0.2, 0.25) is 0 Å². The Balaban J connectivity index is 1.79. The number of nitrogens with zero attached hydrogens (tertiary/aromatic N) is 1. The van der Waals surface area contributed by atoms with Crippen LogP contribution in [0, 0.1) is 0 Å². The number of ether oxygens (including phenoxy) is 2. The van der Waals surface area contributed by atoms with Crippen LogP contribution in [0.3, 0.4) is 0 Å². The second kappa shape index (κ2) is 7.28. The van der Waals surface area contributed by atoms with Crippen molar-refractivity contribution < 1.29 is 24.5 Å². The third-order valence-corrected chi connectivity index (χ3v) is 3.45. The molecule has 6 nitrogen and oxygen atoms in total. The van der Waals surface area contributed by atoms with E-state index in [9.17, 15) is 9.90 Å². The molecule has 0 aromatic heterocycles. The zero-order valence-electron chi connectivity index (χ0n) is 12.1. The number of rotatable bonds is 7. The molecule has 2 unspecified atom stereocenters. The van der Waals surface area contributed by atoms with Crippen LogP contribution < -0.4 is 9.47 Å². The molecule has 1 fully saturated rings. The number of aliphatic hydroxyl groups is 1. The first-order valence-corrected chi connectivity index (χ1v) is 7.10. The molecular weight excluding hydrogens is 274 g/mol. The summed E-state index contributed by atoms with van der Waals surface area (Å²) in [6.07, 6.45) is -0.296. The summed E-state index contributed by atoms with van der Waals surface area (Å²) >= 11 is 0. The maximum Gasteiger partial charge on any atom is 0.321 e. The fraction of sp³-hybridized carbons (Fsp3) is 0.533. The Morgan fingerprint density at radius 1 is 1.29 bits per heavy atom. The van der Waals surface area contributed by atoms with Crippen LogP contribution in [0.2, 0.25) is 0 Å². The van der Waals surface area contributed by atoms with Gasteiger partial charge in [-0.3, -0.25) is 9.69 Å².